The number of amides is 1. The minimum absolute atomic E-state index is 0.109. The fraction of sp³-hybridized carbons (Fsp3) is 0.450. The second-order valence-corrected chi connectivity index (χ2v) is 7.32. The summed E-state index contributed by atoms with van der Waals surface area (Å²) >= 11 is 0. The number of hydrogen-bond acceptors (Lipinski definition) is 5. The van der Waals surface area contributed by atoms with Gasteiger partial charge in [0, 0.05) is 43.7 Å². The minimum Gasteiger partial charge on any atom is -0.393 e. The molecule has 0 aliphatic carbocycles. The van der Waals surface area contributed by atoms with E-state index in [2.05, 4.69) is 46.4 Å². The van der Waals surface area contributed by atoms with Gasteiger partial charge in [-0.1, -0.05) is 30.3 Å². The maximum absolute atomic E-state index is 12.8. The molecule has 0 unspecified atom stereocenters. The zero-order valence-electron chi connectivity index (χ0n) is 14.9. The van der Waals surface area contributed by atoms with Gasteiger partial charge < -0.3 is 14.9 Å². The zero-order valence-corrected chi connectivity index (χ0v) is 14.9. The molecule has 6 nitrogen and oxygen atoms in total. The van der Waals surface area contributed by atoms with Crippen LogP contribution in [0.2, 0.25) is 0 Å². The monoisotopic (exact) mass is 352 g/mol. The Labute approximate surface area is 153 Å². The summed E-state index contributed by atoms with van der Waals surface area (Å²) in [5.41, 5.74) is 1.63. The van der Waals surface area contributed by atoms with Gasteiger partial charge in [-0.3, -0.25) is 4.79 Å². The van der Waals surface area contributed by atoms with Crippen LogP contribution in [0.4, 0.5) is 0 Å². The number of carbonyl (C=O) groups is 1. The fourth-order valence-corrected chi connectivity index (χ4v) is 4.50. The molecule has 6 heteroatoms. The molecule has 4 atom stereocenters. The topological polar surface area (TPSA) is 69.6 Å². The smallest absolute Gasteiger partial charge is 0.274 e. The molecule has 0 saturated carbocycles. The lowest BCUT2D eigenvalue weighted by atomic mass is 9.81. The molecule has 1 aromatic heterocycles. The van der Waals surface area contributed by atoms with E-state index in [1.807, 2.05) is 11.0 Å². The Morgan fingerprint density at radius 2 is 1.96 bits per heavy atom. The normalized spacial score (nSPS) is 29.2. The Balaban J connectivity index is 1.59. The van der Waals surface area contributed by atoms with E-state index in [4.69, 9.17) is 0 Å². The molecular formula is C20H24N4O2. The lowest BCUT2D eigenvalue weighted by Crippen LogP contribution is -2.43. The van der Waals surface area contributed by atoms with Gasteiger partial charge in [0.05, 0.1) is 6.10 Å². The first-order chi connectivity index (χ1) is 12.6. The van der Waals surface area contributed by atoms with Crippen molar-refractivity contribution < 1.29 is 9.90 Å². The first kappa shape index (κ1) is 17.1. The van der Waals surface area contributed by atoms with E-state index in [0.717, 1.165) is 6.54 Å². The summed E-state index contributed by atoms with van der Waals surface area (Å²) in [6.45, 7) is 2.04. The van der Waals surface area contributed by atoms with Crippen LogP contribution in [0.1, 0.15) is 28.4 Å². The predicted octanol–water partition coefficient (Wildman–Crippen LogP) is 1.40. The Morgan fingerprint density at radius 1 is 1.15 bits per heavy atom. The van der Waals surface area contributed by atoms with E-state index in [9.17, 15) is 9.90 Å². The second kappa shape index (κ2) is 7.13. The fourth-order valence-electron chi connectivity index (χ4n) is 4.50. The highest BCUT2D eigenvalue weighted by Gasteiger charge is 2.47. The van der Waals surface area contributed by atoms with Crippen molar-refractivity contribution in [3.05, 3.63) is 59.9 Å². The third-order valence-electron chi connectivity index (χ3n) is 5.81. The van der Waals surface area contributed by atoms with E-state index in [-0.39, 0.29) is 23.8 Å². The Hall–Kier alpha value is -2.31. The lowest BCUT2D eigenvalue weighted by Gasteiger charge is -2.29. The third kappa shape index (κ3) is 3.10. The molecule has 2 aromatic rings. The molecule has 26 heavy (non-hydrogen) atoms. The number of aliphatic hydroxyl groups excluding tert-OH is 1. The summed E-state index contributed by atoms with van der Waals surface area (Å²) in [6, 6.07) is 14.0. The molecule has 2 aliphatic heterocycles. The first-order valence-corrected chi connectivity index (χ1v) is 9.15. The molecule has 1 aromatic carbocycles. The molecule has 1 amide bonds. The maximum atomic E-state index is 12.8. The van der Waals surface area contributed by atoms with Gasteiger partial charge in [-0.05, 0) is 31.2 Å². The van der Waals surface area contributed by atoms with Gasteiger partial charge in [-0.2, -0.15) is 5.10 Å². The van der Waals surface area contributed by atoms with Gasteiger partial charge in [-0.25, -0.2) is 0 Å². The highest BCUT2D eigenvalue weighted by Crippen LogP contribution is 2.41. The molecule has 2 aliphatic rings. The second-order valence-electron chi connectivity index (χ2n) is 7.32. The molecule has 0 radical (unpaired) electrons. The maximum Gasteiger partial charge on any atom is 0.274 e. The summed E-state index contributed by atoms with van der Waals surface area (Å²) in [6.07, 6.45) is 1.73. The number of hydrogen-bond donors (Lipinski definition) is 1. The quantitative estimate of drug-likeness (QED) is 0.885. The number of likely N-dealkylation sites (tertiary alicyclic amines) is 2. The molecule has 4 rings (SSSR count). The van der Waals surface area contributed by atoms with Crippen LogP contribution in [0.5, 0.6) is 0 Å². The number of rotatable bonds is 2. The summed E-state index contributed by atoms with van der Waals surface area (Å²) in [4.78, 5) is 16.9. The number of nitrogens with zero attached hydrogens (tertiary/aromatic N) is 4. The van der Waals surface area contributed by atoms with Gasteiger partial charge >= 0.3 is 0 Å². The van der Waals surface area contributed by atoms with E-state index >= 15 is 0 Å². The number of aromatic nitrogens is 2. The number of carbonyl (C=O) groups excluding carboxylic acids is 1. The Kier molecular flexibility index (Phi) is 4.70. The van der Waals surface area contributed by atoms with Crippen LogP contribution in [0.3, 0.4) is 0 Å². The highest BCUT2D eigenvalue weighted by atomic mass is 16.3. The highest BCUT2D eigenvalue weighted by molar-refractivity contribution is 5.92. The summed E-state index contributed by atoms with van der Waals surface area (Å²) < 4.78 is 0. The molecule has 1 N–H and O–H groups in total. The van der Waals surface area contributed by atoms with Crippen LogP contribution >= 0.6 is 0 Å². The van der Waals surface area contributed by atoms with Crippen LogP contribution in [0.15, 0.2) is 48.7 Å². The Morgan fingerprint density at radius 3 is 2.69 bits per heavy atom. The molecule has 2 saturated heterocycles. The summed E-state index contributed by atoms with van der Waals surface area (Å²) in [7, 11) is 2.09. The molecule has 136 valence electrons. The van der Waals surface area contributed by atoms with Gasteiger partial charge in [0.1, 0.15) is 0 Å². The lowest BCUT2D eigenvalue weighted by molar-refractivity contribution is 0.0716. The van der Waals surface area contributed by atoms with E-state index in [1.54, 1.807) is 18.3 Å². The number of benzene rings is 1. The van der Waals surface area contributed by atoms with Crippen molar-refractivity contribution in [1.82, 2.24) is 20.0 Å². The molecular weight excluding hydrogens is 328 g/mol. The van der Waals surface area contributed by atoms with Gasteiger partial charge in [0.2, 0.25) is 0 Å². The third-order valence-corrected chi connectivity index (χ3v) is 5.81. The minimum atomic E-state index is -0.421. The molecule has 2 fully saturated rings. The molecule has 3 heterocycles. The number of aliphatic hydroxyl groups is 1. The van der Waals surface area contributed by atoms with Crippen molar-refractivity contribution in [3.63, 3.8) is 0 Å². The van der Waals surface area contributed by atoms with Gasteiger partial charge in [0.15, 0.2) is 5.69 Å². The van der Waals surface area contributed by atoms with Gasteiger partial charge in [-0.15, -0.1) is 5.10 Å². The Bertz CT molecular complexity index is 755. The van der Waals surface area contributed by atoms with E-state index in [1.165, 1.54) is 5.56 Å². The van der Waals surface area contributed by atoms with Crippen LogP contribution in [0.25, 0.3) is 0 Å². The standard InChI is InChI=1S/C20H24N4O2/c1-23-12-15(14-6-3-2-4-7-14)19-17(23)13-24(11-9-18(19)25)20(26)16-8-5-10-21-22-16/h2-8,10,15,17-19,25H,9,11-13H2,1H3/t15-,17+,18+,19-/m0/s1. The van der Waals surface area contributed by atoms with Crippen molar-refractivity contribution in [1.29, 1.82) is 0 Å². The van der Waals surface area contributed by atoms with Crippen molar-refractivity contribution in [2.45, 2.75) is 24.5 Å². The largest absolute Gasteiger partial charge is 0.393 e. The van der Waals surface area contributed by atoms with Crippen LogP contribution in [0, 0.1) is 5.92 Å². The summed E-state index contributed by atoms with van der Waals surface area (Å²) in [5, 5.41) is 18.7. The van der Waals surface area contributed by atoms with Crippen LogP contribution in [-0.2, 0) is 0 Å². The number of fused-ring (bicyclic) bond motifs is 1. The van der Waals surface area contributed by atoms with Crippen LogP contribution < -0.4 is 0 Å². The van der Waals surface area contributed by atoms with E-state index in [0.29, 0.717) is 25.2 Å². The SMILES string of the molecule is CN1C[C@@H](c2ccccc2)[C@@H]2[C@H](O)CCN(C(=O)c3cccnn3)C[C@H]21. The van der Waals surface area contributed by atoms with Crippen molar-refractivity contribution in [2.75, 3.05) is 26.7 Å². The van der Waals surface area contributed by atoms with Crippen molar-refractivity contribution >= 4 is 5.91 Å². The van der Waals surface area contributed by atoms with E-state index < -0.39 is 6.10 Å². The summed E-state index contributed by atoms with van der Waals surface area (Å²) in [5.74, 6) is 0.303. The first-order valence-electron chi connectivity index (χ1n) is 9.15. The zero-order chi connectivity index (χ0) is 18.1. The molecule has 0 spiro atoms. The average molecular weight is 352 g/mol. The average Bonchev–Trinajstić information content (AvgIpc) is 2.91. The van der Waals surface area contributed by atoms with Gasteiger partial charge in [0.25, 0.3) is 5.91 Å². The van der Waals surface area contributed by atoms with Crippen LogP contribution in [-0.4, -0.2) is 69.8 Å². The predicted molar refractivity (Wildman–Crippen MR) is 97.7 cm³/mol. The van der Waals surface area contributed by atoms with Crippen molar-refractivity contribution in [3.8, 4) is 0 Å². The number of likely N-dealkylation sites (N-methyl/N-ethyl adjacent to an activating group) is 1. The van der Waals surface area contributed by atoms with Crippen molar-refractivity contribution in [2.24, 2.45) is 5.92 Å². The molecule has 0 bridgehead atoms.